The number of hydrogen-bond donors (Lipinski definition) is 4. The van der Waals surface area contributed by atoms with E-state index in [0.717, 1.165) is 22.5 Å². The number of nitrogens with zero attached hydrogens (tertiary/aromatic N) is 4. The highest BCUT2D eigenvalue weighted by atomic mass is 16.4. The molecule has 1 aliphatic rings. The van der Waals surface area contributed by atoms with Crippen molar-refractivity contribution in [3.8, 4) is 0 Å². The predicted molar refractivity (Wildman–Crippen MR) is 93.1 cm³/mol. The first kappa shape index (κ1) is 15.4. The summed E-state index contributed by atoms with van der Waals surface area (Å²) in [4.78, 5) is 25.5. The van der Waals surface area contributed by atoms with Crippen LogP contribution in [0.4, 0.5) is 17.6 Å². The number of piperidine rings is 1. The number of aryl methyl sites for hydroxylation is 1. The summed E-state index contributed by atoms with van der Waals surface area (Å²) in [5.74, 6) is 1.03. The smallest absolute Gasteiger partial charge is 0.306 e. The van der Waals surface area contributed by atoms with Crippen LogP contribution in [0.3, 0.4) is 0 Å². The van der Waals surface area contributed by atoms with Crippen LogP contribution >= 0.6 is 0 Å². The molecule has 25 heavy (non-hydrogen) atoms. The fraction of sp³-hybridized carbons (Fsp3) is 0.375. The molecule has 3 aromatic heterocycles. The lowest BCUT2D eigenvalue weighted by molar-refractivity contribution is -0.142. The lowest BCUT2D eigenvalue weighted by Gasteiger charge is -2.30. The van der Waals surface area contributed by atoms with Gasteiger partial charge in [0, 0.05) is 25.4 Å². The quantitative estimate of drug-likeness (QED) is 0.572. The summed E-state index contributed by atoms with van der Waals surface area (Å²) >= 11 is 0. The first-order valence-corrected chi connectivity index (χ1v) is 8.22. The number of H-pyrrole nitrogens is 2. The molecule has 4 N–H and O–H groups in total. The standard InChI is InChI=1S/C16H19N7O2/c1-9-8-12(22-21-9)18-14-11-2-5-17-13(11)19-16(20-14)23-6-3-10(4-7-23)15(24)25/h2,5,8,10H,3-4,6-7H2,1H3,(H,24,25)(H3,17,18,19,20,21,22). The van der Waals surface area contributed by atoms with Gasteiger partial charge in [-0.1, -0.05) is 0 Å². The highest BCUT2D eigenvalue weighted by molar-refractivity contribution is 5.89. The van der Waals surface area contributed by atoms with Gasteiger partial charge in [0.15, 0.2) is 0 Å². The molecule has 0 saturated carbocycles. The molecule has 0 radical (unpaired) electrons. The maximum atomic E-state index is 11.1. The molecule has 0 bridgehead atoms. The topological polar surface area (TPSA) is 123 Å². The summed E-state index contributed by atoms with van der Waals surface area (Å²) < 4.78 is 0. The largest absolute Gasteiger partial charge is 0.481 e. The van der Waals surface area contributed by atoms with Crippen LogP contribution in [0.1, 0.15) is 18.5 Å². The predicted octanol–water partition coefficient (Wildman–Crippen LogP) is 2.03. The van der Waals surface area contributed by atoms with E-state index in [1.54, 1.807) is 0 Å². The van der Waals surface area contributed by atoms with Crippen molar-refractivity contribution in [2.45, 2.75) is 19.8 Å². The fourth-order valence-corrected chi connectivity index (χ4v) is 3.11. The van der Waals surface area contributed by atoms with Crippen LogP contribution in [0.2, 0.25) is 0 Å². The van der Waals surface area contributed by atoms with Crippen molar-refractivity contribution >= 4 is 34.6 Å². The van der Waals surface area contributed by atoms with E-state index in [-0.39, 0.29) is 5.92 Å². The number of fused-ring (bicyclic) bond motifs is 1. The third-order valence-corrected chi connectivity index (χ3v) is 4.49. The average Bonchev–Trinajstić information content (AvgIpc) is 3.23. The number of aromatic nitrogens is 5. The molecule has 1 saturated heterocycles. The van der Waals surface area contributed by atoms with E-state index in [0.29, 0.717) is 37.7 Å². The number of aliphatic carboxylic acids is 1. The number of carboxylic acids is 1. The summed E-state index contributed by atoms with van der Waals surface area (Å²) in [5.41, 5.74) is 1.63. The van der Waals surface area contributed by atoms with Gasteiger partial charge in [-0.15, -0.1) is 0 Å². The van der Waals surface area contributed by atoms with Gasteiger partial charge in [-0.3, -0.25) is 9.89 Å². The van der Waals surface area contributed by atoms with Gasteiger partial charge in [0.2, 0.25) is 5.95 Å². The van der Waals surface area contributed by atoms with Crippen molar-refractivity contribution < 1.29 is 9.90 Å². The average molecular weight is 341 g/mol. The minimum atomic E-state index is -0.725. The Bertz CT molecular complexity index is 908. The Balaban J connectivity index is 1.63. The van der Waals surface area contributed by atoms with Crippen molar-refractivity contribution in [1.82, 2.24) is 25.1 Å². The SMILES string of the molecule is Cc1cc(Nc2nc(N3CCC(C(=O)O)CC3)nc3[nH]ccc23)[nH]n1. The molecule has 0 spiro atoms. The van der Waals surface area contributed by atoms with Crippen molar-refractivity contribution in [1.29, 1.82) is 0 Å². The van der Waals surface area contributed by atoms with E-state index in [4.69, 9.17) is 5.11 Å². The molecule has 9 nitrogen and oxygen atoms in total. The van der Waals surface area contributed by atoms with Crippen molar-refractivity contribution in [3.63, 3.8) is 0 Å². The van der Waals surface area contributed by atoms with E-state index in [1.807, 2.05) is 30.2 Å². The Morgan fingerprint density at radius 1 is 1.36 bits per heavy atom. The number of anilines is 3. The minimum absolute atomic E-state index is 0.281. The number of carboxylic acid groups (broad SMARTS) is 1. The van der Waals surface area contributed by atoms with Crippen LogP contribution in [0.5, 0.6) is 0 Å². The van der Waals surface area contributed by atoms with E-state index in [9.17, 15) is 4.79 Å². The van der Waals surface area contributed by atoms with Gasteiger partial charge in [0.25, 0.3) is 0 Å². The summed E-state index contributed by atoms with van der Waals surface area (Å²) in [6, 6.07) is 3.82. The second kappa shape index (κ2) is 6.08. The molecule has 1 aliphatic heterocycles. The molecule has 3 aromatic rings. The number of hydrogen-bond acceptors (Lipinski definition) is 6. The first-order valence-electron chi connectivity index (χ1n) is 8.22. The zero-order valence-corrected chi connectivity index (χ0v) is 13.8. The molecular weight excluding hydrogens is 322 g/mol. The summed E-state index contributed by atoms with van der Waals surface area (Å²) in [6.07, 6.45) is 3.02. The van der Waals surface area contributed by atoms with Crippen LogP contribution in [0, 0.1) is 12.8 Å². The molecule has 1 fully saturated rings. The zero-order chi connectivity index (χ0) is 17.4. The Morgan fingerprint density at radius 3 is 2.84 bits per heavy atom. The molecule has 0 amide bonds. The maximum absolute atomic E-state index is 11.1. The highest BCUT2D eigenvalue weighted by Gasteiger charge is 2.26. The van der Waals surface area contributed by atoms with Gasteiger partial charge in [0.1, 0.15) is 17.3 Å². The Kier molecular flexibility index (Phi) is 3.75. The normalized spacial score (nSPS) is 15.6. The molecule has 9 heteroatoms. The van der Waals surface area contributed by atoms with Crippen LogP contribution in [0.15, 0.2) is 18.3 Å². The lowest BCUT2D eigenvalue weighted by atomic mass is 9.97. The zero-order valence-electron chi connectivity index (χ0n) is 13.8. The van der Waals surface area contributed by atoms with Crippen molar-refractivity contribution in [2.75, 3.05) is 23.3 Å². The molecular formula is C16H19N7O2. The van der Waals surface area contributed by atoms with Crippen LogP contribution < -0.4 is 10.2 Å². The molecule has 0 aliphatic carbocycles. The molecule has 4 heterocycles. The number of carbonyl (C=O) groups is 1. The van der Waals surface area contributed by atoms with Gasteiger partial charge in [-0.2, -0.15) is 15.1 Å². The van der Waals surface area contributed by atoms with E-state index in [2.05, 4.69) is 30.5 Å². The van der Waals surface area contributed by atoms with Crippen LogP contribution in [-0.2, 0) is 4.79 Å². The Hall–Kier alpha value is -3.10. The van der Waals surface area contributed by atoms with Gasteiger partial charge < -0.3 is 20.3 Å². The summed E-state index contributed by atoms with van der Waals surface area (Å²) in [5, 5.41) is 20.3. The second-order valence-electron chi connectivity index (χ2n) is 6.26. The lowest BCUT2D eigenvalue weighted by Crippen LogP contribution is -2.37. The molecule has 0 unspecified atom stereocenters. The second-order valence-corrected chi connectivity index (χ2v) is 6.26. The highest BCUT2D eigenvalue weighted by Crippen LogP contribution is 2.27. The Morgan fingerprint density at radius 2 is 2.16 bits per heavy atom. The molecule has 0 atom stereocenters. The van der Waals surface area contributed by atoms with Crippen LogP contribution in [0.25, 0.3) is 11.0 Å². The number of nitrogens with one attached hydrogen (secondary N) is 3. The van der Waals surface area contributed by atoms with Crippen LogP contribution in [-0.4, -0.2) is 49.3 Å². The third kappa shape index (κ3) is 3.00. The van der Waals surface area contributed by atoms with Crippen molar-refractivity contribution in [3.05, 3.63) is 24.0 Å². The van der Waals surface area contributed by atoms with Gasteiger partial charge in [-0.25, -0.2) is 0 Å². The molecule has 130 valence electrons. The van der Waals surface area contributed by atoms with E-state index < -0.39 is 5.97 Å². The van der Waals surface area contributed by atoms with E-state index in [1.165, 1.54) is 0 Å². The monoisotopic (exact) mass is 341 g/mol. The van der Waals surface area contributed by atoms with Gasteiger partial charge >= 0.3 is 5.97 Å². The number of rotatable bonds is 4. The minimum Gasteiger partial charge on any atom is -0.481 e. The molecule has 4 rings (SSSR count). The fourth-order valence-electron chi connectivity index (χ4n) is 3.11. The first-order chi connectivity index (χ1) is 12.1. The molecule has 0 aromatic carbocycles. The van der Waals surface area contributed by atoms with Gasteiger partial charge in [-0.05, 0) is 25.8 Å². The Labute approximate surface area is 143 Å². The summed E-state index contributed by atoms with van der Waals surface area (Å²) in [6.45, 7) is 3.17. The van der Waals surface area contributed by atoms with E-state index >= 15 is 0 Å². The third-order valence-electron chi connectivity index (χ3n) is 4.49. The summed E-state index contributed by atoms with van der Waals surface area (Å²) in [7, 11) is 0. The van der Waals surface area contributed by atoms with Crippen molar-refractivity contribution in [2.24, 2.45) is 5.92 Å². The van der Waals surface area contributed by atoms with Gasteiger partial charge in [0.05, 0.1) is 17.0 Å². The maximum Gasteiger partial charge on any atom is 0.306 e. The number of aromatic amines is 2.